The van der Waals surface area contributed by atoms with Crippen molar-refractivity contribution in [3.8, 4) is 5.75 Å². The number of carbonyl (C=O) groups excluding carboxylic acids is 1. The van der Waals surface area contributed by atoms with Crippen molar-refractivity contribution >= 4 is 24.0 Å². The number of hydrogen-bond donors (Lipinski definition) is 2. The van der Waals surface area contributed by atoms with Gasteiger partial charge in [-0.1, -0.05) is 19.4 Å². The van der Waals surface area contributed by atoms with Gasteiger partial charge in [0, 0.05) is 18.5 Å². The first kappa shape index (κ1) is 21.0. The van der Waals surface area contributed by atoms with E-state index in [2.05, 4.69) is 12.2 Å². The summed E-state index contributed by atoms with van der Waals surface area (Å²) in [6.07, 6.45) is 6.61. The minimum absolute atomic E-state index is 0. The third-order valence-electron chi connectivity index (χ3n) is 5.36. The van der Waals surface area contributed by atoms with Crippen LogP contribution in [-0.2, 0) is 11.2 Å². The van der Waals surface area contributed by atoms with Gasteiger partial charge in [-0.2, -0.15) is 0 Å². The van der Waals surface area contributed by atoms with Crippen LogP contribution in [0.25, 0.3) is 0 Å². The molecule has 0 spiro atoms. The molecule has 3 rings (SSSR count). The van der Waals surface area contributed by atoms with Crippen LogP contribution in [0.3, 0.4) is 0 Å². The van der Waals surface area contributed by atoms with E-state index in [0.29, 0.717) is 19.4 Å². The molecule has 2 aliphatic rings. The molecular weight excluding hydrogens is 352 g/mol. The molecule has 1 unspecified atom stereocenters. The molecule has 1 atom stereocenters. The van der Waals surface area contributed by atoms with Gasteiger partial charge in [0.05, 0.1) is 5.69 Å². The lowest BCUT2D eigenvalue weighted by atomic mass is 9.91. The molecular formula is C20H31ClN2O3. The molecule has 26 heavy (non-hydrogen) atoms. The van der Waals surface area contributed by atoms with E-state index in [-0.39, 0.29) is 24.5 Å². The summed E-state index contributed by atoms with van der Waals surface area (Å²) >= 11 is 0. The minimum Gasteiger partial charge on any atom is -0.475 e. The fraction of sp³-hybridized carbons (Fsp3) is 0.650. The van der Waals surface area contributed by atoms with Crippen LogP contribution in [-0.4, -0.2) is 29.5 Å². The molecule has 0 saturated heterocycles. The Kier molecular flexibility index (Phi) is 7.33. The zero-order chi connectivity index (χ0) is 17.9. The molecule has 1 aliphatic heterocycles. The van der Waals surface area contributed by atoms with Crippen LogP contribution in [0.15, 0.2) is 18.2 Å². The van der Waals surface area contributed by atoms with Crippen molar-refractivity contribution in [2.24, 2.45) is 0 Å². The van der Waals surface area contributed by atoms with Crippen molar-refractivity contribution in [1.29, 1.82) is 0 Å². The van der Waals surface area contributed by atoms with Gasteiger partial charge >= 0.3 is 0 Å². The fourth-order valence-electron chi connectivity index (χ4n) is 3.97. The van der Waals surface area contributed by atoms with E-state index < -0.39 is 5.72 Å². The smallest absolute Gasteiger partial charge is 0.227 e. The summed E-state index contributed by atoms with van der Waals surface area (Å²) in [4.78, 5) is 14.0. The highest BCUT2D eigenvalue weighted by molar-refractivity contribution is 5.96. The summed E-state index contributed by atoms with van der Waals surface area (Å²) in [5, 5.41) is 14.1. The van der Waals surface area contributed by atoms with Crippen molar-refractivity contribution in [2.45, 2.75) is 77.2 Å². The molecule has 0 bridgehead atoms. The Hall–Kier alpha value is -1.30. The van der Waals surface area contributed by atoms with Crippen LogP contribution >= 0.6 is 12.4 Å². The van der Waals surface area contributed by atoms with Gasteiger partial charge in [0.15, 0.2) is 6.23 Å². The number of aliphatic hydroxyl groups is 1. The molecule has 5 nitrogen and oxygen atoms in total. The lowest BCUT2D eigenvalue weighted by Crippen LogP contribution is -2.53. The third-order valence-corrected chi connectivity index (χ3v) is 5.36. The molecule has 0 radical (unpaired) electrons. The molecule has 1 amide bonds. The Morgan fingerprint density at radius 2 is 1.96 bits per heavy atom. The second-order valence-corrected chi connectivity index (χ2v) is 7.14. The lowest BCUT2D eigenvalue weighted by Gasteiger charge is -2.37. The number of nitrogens with one attached hydrogen (secondary N) is 1. The maximum absolute atomic E-state index is 12.1. The number of ether oxygens (including phenoxy) is 1. The number of carbonyl (C=O) groups is 1. The minimum atomic E-state index is -0.820. The van der Waals surface area contributed by atoms with Crippen LogP contribution in [0.5, 0.6) is 5.75 Å². The largest absolute Gasteiger partial charge is 0.475 e. The van der Waals surface area contributed by atoms with E-state index in [1.807, 2.05) is 30.0 Å². The van der Waals surface area contributed by atoms with E-state index in [9.17, 15) is 9.90 Å². The van der Waals surface area contributed by atoms with E-state index in [4.69, 9.17) is 4.74 Å². The van der Waals surface area contributed by atoms with Crippen LogP contribution in [0.1, 0.15) is 64.4 Å². The van der Waals surface area contributed by atoms with Crippen molar-refractivity contribution < 1.29 is 14.6 Å². The molecule has 1 aromatic carbocycles. The number of benzene rings is 1. The molecule has 6 heteroatoms. The zero-order valence-corrected chi connectivity index (χ0v) is 16.6. The monoisotopic (exact) mass is 382 g/mol. The first-order valence-electron chi connectivity index (χ1n) is 9.65. The summed E-state index contributed by atoms with van der Waals surface area (Å²) in [5.74, 6) is 0.996. The van der Waals surface area contributed by atoms with Gasteiger partial charge in [0.25, 0.3) is 0 Å². The number of anilines is 1. The average molecular weight is 383 g/mol. The Balaban J connectivity index is 0.00000243. The van der Waals surface area contributed by atoms with Crippen molar-refractivity contribution in [3.63, 3.8) is 0 Å². The van der Waals surface area contributed by atoms with Crippen molar-refractivity contribution in [1.82, 2.24) is 5.32 Å². The lowest BCUT2D eigenvalue weighted by molar-refractivity contribution is -0.118. The van der Waals surface area contributed by atoms with E-state index in [1.165, 1.54) is 6.42 Å². The highest BCUT2D eigenvalue weighted by Crippen LogP contribution is 2.35. The molecule has 1 heterocycles. The normalized spacial score (nSPS) is 20.1. The van der Waals surface area contributed by atoms with Crippen molar-refractivity contribution in [2.75, 3.05) is 11.4 Å². The van der Waals surface area contributed by atoms with Gasteiger partial charge in [0.1, 0.15) is 11.5 Å². The Morgan fingerprint density at radius 1 is 1.23 bits per heavy atom. The first-order chi connectivity index (χ1) is 12.1. The second kappa shape index (κ2) is 9.07. The van der Waals surface area contributed by atoms with Crippen LogP contribution in [0, 0.1) is 0 Å². The van der Waals surface area contributed by atoms with Gasteiger partial charge in [-0.3, -0.25) is 10.1 Å². The van der Waals surface area contributed by atoms with Gasteiger partial charge in [0.2, 0.25) is 5.91 Å². The molecule has 2 N–H and O–H groups in total. The number of amides is 1. The number of hydrogen-bond acceptors (Lipinski definition) is 4. The number of halogens is 1. The van der Waals surface area contributed by atoms with Crippen molar-refractivity contribution in [3.05, 3.63) is 23.8 Å². The van der Waals surface area contributed by atoms with E-state index >= 15 is 0 Å². The second-order valence-electron chi connectivity index (χ2n) is 7.14. The molecule has 1 aromatic rings. The highest BCUT2D eigenvalue weighted by Gasteiger charge is 2.32. The predicted octanol–water partition coefficient (Wildman–Crippen LogP) is 3.76. The predicted molar refractivity (Wildman–Crippen MR) is 106 cm³/mol. The zero-order valence-electron chi connectivity index (χ0n) is 15.8. The number of nitrogens with zero attached hydrogens (tertiary/aromatic N) is 1. The average Bonchev–Trinajstić information content (AvgIpc) is 2.61. The number of rotatable bonds is 6. The van der Waals surface area contributed by atoms with Gasteiger partial charge in [-0.25, -0.2) is 0 Å². The molecule has 146 valence electrons. The summed E-state index contributed by atoms with van der Waals surface area (Å²) in [7, 11) is 0. The Bertz CT molecular complexity index is 617. The highest BCUT2D eigenvalue weighted by atomic mass is 35.5. The molecule has 1 aliphatic carbocycles. The Morgan fingerprint density at radius 3 is 2.62 bits per heavy atom. The maximum Gasteiger partial charge on any atom is 0.227 e. The standard InChI is InChI=1S/C20H30N2O3.ClH/c1-3-18(21-20(24)13-6-5-7-14-20)25-17-10-8-9-16-15(17)11-12-19(23)22(16)4-2;/h8-10,18,21,24H,3-7,11-14H2,1-2H3;1H. The van der Waals surface area contributed by atoms with Gasteiger partial charge < -0.3 is 14.7 Å². The van der Waals surface area contributed by atoms with Crippen LogP contribution < -0.4 is 15.0 Å². The topological polar surface area (TPSA) is 61.8 Å². The summed E-state index contributed by atoms with van der Waals surface area (Å²) in [6, 6.07) is 5.90. The fourth-order valence-corrected chi connectivity index (χ4v) is 3.97. The molecule has 1 fully saturated rings. The van der Waals surface area contributed by atoms with Gasteiger partial charge in [-0.15, -0.1) is 12.4 Å². The maximum atomic E-state index is 12.1. The Labute approximate surface area is 162 Å². The van der Waals surface area contributed by atoms with Crippen LogP contribution in [0.2, 0.25) is 0 Å². The van der Waals surface area contributed by atoms with E-state index in [1.54, 1.807) is 0 Å². The first-order valence-corrected chi connectivity index (χ1v) is 9.65. The third kappa shape index (κ3) is 4.51. The summed E-state index contributed by atoms with van der Waals surface area (Å²) in [5.41, 5.74) is 1.24. The molecule has 0 aromatic heterocycles. The number of fused-ring (bicyclic) bond motifs is 1. The quantitative estimate of drug-likeness (QED) is 0.735. The summed E-state index contributed by atoms with van der Waals surface area (Å²) < 4.78 is 6.25. The van der Waals surface area contributed by atoms with Gasteiger partial charge in [-0.05, 0) is 57.6 Å². The van der Waals surface area contributed by atoms with E-state index in [0.717, 1.165) is 49.1 Å². The van der Waals surface area contributed by atoms with Crippen LogP contribution in [0.4, 0.5) is 5.69 Å². The SMILES string of the molecule is CCC(NC1(O)CCCCC1)Oc1cccc2c1CCC(=O)N2CC.Cl. The molecule has 1 saturated carbocycles. The summed E-state index contributed by atoms with van der Waals surface area (Å²) in [6.45, 7) is 4.72.